The third-order valence-corrected chi connectivity index (χ3v) is 4.59. The van der Waals surface area contributed by atoms with E-state index in [2.05, 4.69) is 10.3 Å². The van der Waals surface area contributed by atoms with Crippen LogP contribution in [-0.4, -0.2) is 35.4 Å². The summed E-state index contributed by atoms with van der Waals surface area (Å²) in [6.45, 7) is 1.62. The van der Waals surface area contributed by atoms with Gasteiger partial charge in [0, 0.05) is 31.4 Å². The van der Waals surface area contributed by atoms with Crippen molar-refractivity contribution in [1.29, 1.82) is 0 Å². The first kappa shape index (κ1) is 18.2. The molecule has 0 aliphatic carbocycles. The van der Waals surface area contributed by atoms with Crippen molar-refractivity contribution < 1.29 is 18.0 Å². The van der Waals surface area contributed by atoms with Crippen molar-refractivity contribution in [3.8, 4) is 0 Å². The number of pyridine rings is 1. The van der Waals surface area contributed by atoms with Crippen LogP contribution in [0.3, 0.4) is 0 Å². The summed E-state index contributed by atoms with van der Waals surface area (Å²) in [5.74, 6) is 0.0711. The van der Waals surface area contributed by atoms with E-state index in [1.54, 1.807) is 17.0 Å². The second-order valence-electron chi connectivity index (χ2n) is 6.38. The first-order chi connectivity index (χ1) is 12.4. The van der Waals surface area contributed by atoms with Crippen LogP contribution in [0.15, 0.2) is 48.7 Å². The molecular formula is C19H20F3N3O. The Hall–Kier alpha value is -2.57. The third-order valence-electron chi connectivity index (χ3n) is 4.59. The number of carbonyl (C=O) groups excluding carboxylic acids is 1. The van der Waals surface area contributed by atoms with Crippen LogP contribution in [0.25, 0.3) is 0 Å². The Kier molecular flexibility index (Phi) is 5.44. The number of aromatic nitrogens is 1. The Morgan fingerprint density at radius 3 is 2.46 bits per heavy atom. The minimum Gasteiger partial charge on any atom is -0.369 e. The predicted octanol–water partition coefficient (Wildman–Crippen LogP) is 4.06. The Morgan fingerprint density at radius 2 is 1.81 bits per heavy atom. The highest BCUT2D eigenvalue weighted by Gasteiger charge is 2.34. The van der Waals surface area contributed by atoms with E-state index < -0.39 is 11.7 Å². The van der Waals surface area contributed by atoms with Gasteiger partial charge in [0.05, 0.1) is 5.56 Å². The highest BCUT2D eigenvalue weighted by molar-refractivity contribution is 5.94. The smallest absolute Gasteiger partial charge is 0.369 e. The number of carbonyl (C=O) groups is 1. The number of hydrogen-bond acceptors (Lipinski definition) is 3. The van der Waals surface area contributed by atoms with E-state index in [4.69, 9.17) is 0 Å². The molecule has 4 nitrogen and oxygen atoms in total. The zero-order valence-electron chi connectivity index (χ0n) is 14.2. The van der Waals surface area contributed by atoms with Crippen LogP contribution in [0.4, 0.5) is 19.0 Å². The molecule has 1 aromatic carbocycles. The second kappa shape index (κ2) is 7.76. The molecule has 0 bridgehead atoms. The summed E-state index contributed by atoms with van der Waals surface area (Å²) in [5.41, 5.74) is -0.0935. The minimum absolute atomic E-state index is 0.00101. The fraction of sp³-hybridized carbons (Fsp3) is 0.368. The van der Waals surface area contributed by atoms with Crippen molar-refractivity contribution >= 4 is 11.7 Å². The number of hydrogen-bond donors (Lipinski definition) is 1. The molecule has 2 heterocycles. The molecule has 0 atom stereocenters. The van der Waals surface area contributed by atoms with Crippen LogP contribution < -0.4 is 5.32 Å². The highest BCUT2D eigenvalue weighted by Crippen LogP contribution is 2.33. The molecule has 1 saturated heterocycles. The Morgan fingerprint density at radius 1 is 1.12 bits per heavy atom. The van der Waals surface area contributed by atoms with Crippen LogP contribution in [0.5, 0.6) is 0 Å². The molecule has 1 aliphatic rings. The average Bonchev–Trinajstić information content (AvgIpc) is 2.66. The summed E-state index contributed by atoms with van der Waals surface area (Å²) in [6.07, 6.45) is -1.58. The summed E-state index contributed by atoms with van der Waals surface area (Å²) < 4.78 is 39.0. The van der Waals surface area contributed by atoms with E-state index in [1.165, 1.54) is 12.3 Å². The minimum atomic E-state index is -4.43. The molecule has 0 radical (unpaired) electrons. The fourth-order valence-electron chi connectivity index (χ4n) is 3.12. The molecule has 1 amide bonds. The lowest BCUT2D eigenvalue weighted by atomic mass is 9.96. The standard InChI is InChI=1S/C19H20F3N3O/c20-19(21,22)16-7-4-10-23-17(16)24-13-14-8-11-25(12-9-14)18(26)15-5-2-1-3-6-15/h1-7,10,14H,8-9,11-13H2,(H,23,24). The van der Waals surface area contributed by atoms with E-state index >= 15 is 0 Å². The van der Waals surface area contributed by atoms with Crippen LogP contribution in [0.1, 0.15) is 28.8 Å². The Labute approximate surface area is 150 Å². The average molecular weight is 363 g/mol. The zero-order valence-corrected chi connectivity index (χ0v) is 14.2. The molecule has 1 N–H and O–H groups in total. The zero-order chi connectivity index (χ0) is 18.6. The van der Waals surface area contributed by atoms with Gasteiger partial charge in [-0.15, -0.1) is 0 Å². The molecule has 0 saturated carbocycles. The van der Waals surface area contributed by atoms with Gasteiger partial charge in [-0.05, 0) is 43.0 Å². The van der Waals surface area contributed by atoms with Gasteiger partial charge in [0.2, 0.25) is 0 Å². The van der Waals surface area contributed by atoms with Gasteiger partial charge in [-0.2, -0.15) is 13.2 Å². The van der Waals surface area contributed by atoms with Crippen molar-refractivity contribution in [1.82, 2.24) is 9.88 Å². The Bertz CT molecular complexity index is 741. The lowest BCUT2D eigenvalue weighted by Crippen LogP contribution is -2.40. The third kappa shape index (κ3) is 4.33. The lowest BCUT2D eigenvalue weighted by molar-refractivity contribution is -0.137. The second-order valence-corrected chi connectivity index (χ2v) is 6.38. The van der Waals surface area contributed by atoms with Crippen molar-refractivity contribution in [3.63, 3.8) is 0 Å². The number of benzene rings is 1. The number of nitrogens with zero attached hydrogens (tertiary/aromatic N) is 2. The maximum atomic E-state index is 13.0. The van der Waals surface area contributed by atoms with Crippen molar-refractivity contribution in [2.24, 2.45) is 5.92 Å². The fourth-order valence-corrected chi connectivity index (χ4v) is 3.12. The van der Waals surface area contributed by atoms with Crippen LogP contribution in [0.2, 0.25) is 0 Å². The summed E-state index contributed by atoms with van der Waals surface area (Å²) in [7, 11) is 0. The molecule has 0 unspecified atom stereocenters. The van der Waals surface area contributed by atoms with Crippen molar-refractivity contribution in [2.75, 3.05) is 25.0 Å². The quantitative estimate of drug-likeness (QED) is 0.891. The van der Waals surface area contributed by atoms with Crippen LogP contribution in [0, 0.1) is 5.92 Å². The summed E-state index contributed by atoms with van der Waals surface area (Å²) in [6, 6.07) is 11.4. The monoisotopic (exact) mass is 363 g/mol. The lowest BCUT2D eigenvalue weighted by Gasteiger charge is -2.32. The SMILES string of the molecule is O=C(c1ccccc1)N1CCC(CNc2ncccc2C(F)(F)F)CC1. The number of anilines is 1. The number of amides is 1. The number of halogens is 3. The summed E-state index contributed by atoms with van der Waals surface area (Å²) in [4.78, 5) is 18.0. The van der Waals surface area contributed by atoms with Gasteiger partial charge in [-0.1, -0.05) is 18.2 Å². The van der Waals surface area contributed by atoms with E-state index in [0.29, 0.717) is 25.2 Å². The first-order valence-electron chi connectivity index (χ1n) is 8.55. The first-order valence-corrected chi connectivity index (χ1v) is 8.55. The molecule has 1 fully saturated rings. The highest BCUT2D eigenvalue weighted by atomic mass is 19.4. The molecule has 1 aliphatic heterocycles. The van der Waals surface area contributed by atoms with Gasteiger partial charge in [0.15, 0.2) is 0 Å². The number of rotatable bonds is 4. The van der Waals surface area contributed by atoms with E-state index in [-0.39, 0.29) is 17.6 Å². The van der Waals surface area contributed by atoms with E-state index in [1.807, 2.05) is 18.2 Å². The molecule has 0 spiro atoms. The van der Waals surface area contributed by atoms with E-state index in [0.717, 1.165) is 18.9 Å². The van der Waals surface area contributed by atoms with Gasteiger partial charge < -0.3 is 10.2 Å². The van der Waals surface area contributed by atoms with Crippen LogP contribution in [-0.2, 0) is 6.18 Å². The van der Waals surface area contributed by atoms with Crippen molar-refractivity contribution in [3.05, 3.63) is 59.8 Å². The topological polar surface area (TPSA) is 45.2 Å². The number of nitrogens with one attached hydrogen (secondary N) is 1. The van der Waals surface area contributed by atoms with Gasteiger partial charge in [0.25, 0.3) is 5.91 Å². The maximum Gasteiger partial charge on any atom is 0.419 e. The maximum absolute atomic E-state index is 13.0. The molecular weight excluding hydrogens is 343 g/mol. The molecule has 7 heteroatoms. The van der Waals surface area contributed by atoms with Crippen molar-refractivity contribution in [2.45, 2.75) is 19.0 Å². The van der Waals surface area contributed by atoms with Gasteiger partial charge >= 0.3 is 6.18 Å². The van der Waals surface area contributed by atoms with Gasteiger partial charge in [0.1, 0.15) is 5.82 Å². The predicted molar refractivity (Wildman–Crippen MR) is 92.8 cm³/mol. The summed E-state index contributed by atoms with van der Waals surface area (Å²) in [5, 5.41) is 2.83. The number of likely N-dealkylation sites (tertiary alicyclic amines) is 1. The number of piperidine rings is 1. The molecule has 3 rings (SSSR count). The summed E-state index contributed by atoms with van der Waals surface area (Å²) >= 11 is 0. The largest absolute Gasteiger partial charge is 0.419 e. The Balaban J connectivity index is 1.53. The molecule has 26 heavy (non-hydrogen) atoms. The molecule has 138 valence electrons. The van der Waals surface area contributed by atoms with E-state index in [9.17, 15) is 18.0 Å². The number of alkyl halides is 3. The van der Waals surface area contributed by atoms with Gasteiger partial charge in [-0.3, -0.25) is 4.79 Å². The molecule has 2 aromatic rings. The van der Waals surface area contributed by atoms with Crippen LogP contribution >= 0.6 is 0 Å². The normalized spacial score (nSPS) is 15.7. The van der Waals surface area contributed by atoms with Gasteiger partial charge in [-0.25, -0.2) is 4.98 Å². The molecule has 1 aromatic heterocycles.